The number of fused-ring (bicyclic) bond motifs is 1. The van der Waals surface area contributed by atoms with Crippen LogP contribution in [-0.2, 0) is 4.79 Å². The van der Waals surface area contributed by atoms with E-state index in [0.717, 1.165) is 11.3 Å². The Kier molecular flexibility index (Phi) is 2.60. The Bertz CT molecular complexity index is 490. The van der Waals surface area contributed by atoms with Gasteiger partial charge in [0.25, 0.3) is 5.91 Å². The number of carbonyl (C=O) groups is 1. The molecule has 4 nitrogen and oxygen atoms in total. The second-order valence-electron chi connectivity index (χ2n) is 4.85. The van der Waals surface area contributed by atoms with Gasteiger partial charge >= 0.3 is 0 Å². The van der Waals surface area contributed by atoms with Crippen LogP contribution in [-0.4, -0.2) is 39.7 Å². The van der Waals surface area contributed by atoms with E-state index in [1.165, 1.54) is 0 Å². The highest BCUT2D eigenvalue weighted by Gasteiger charge is 2.48. The van der Waals surface area contributed by atoms with Gasteiger partial charge in [-0.15, -0.1) is 0 Å². The molecular formula is C13H14N2O2S. The van der Waals surface area contributed by atoms with Gasteiger partial charge in [0.1, 0.15) is 6.04 Å². The molecule has 2 saturated heterocycles. The van der Waals surface area contributed by atoms with Gasteiger partial charge in [-0.05, 0) is 31.3 Å². The molecule has 0 saturated carbocycles. The number of amides is 1. The van der Waals surface area contributed by atoms with Crippen molar-refractivity contribution < 1.29 is 9.90 Å². The van der Waals surface area contributed by atoms with Crippen LogP contribution in [0.1, 0.15) is 12.0 Å². The standard InChI is InChI=1S/C13H14N2O2S/c1-8-2-4-9(5-3-8)15-12(17)11-6-10(16)7-14(11)13(15)18/h2-5,10-11,16H,6-7H2,1H3/t10-,11?/m1/s1. The summed E-state index contributed by atoms with van der Waals surface area (Å²) in [5, 5.41) is 10.1. The highest BCUT2D eigenvalue weighted by atomic mass is 32.1. The zero-order valence-electron chi connectivity index (χ0n) is 10.0. The molecule has 1 N–H and O–H groups in total. The minimum Gasteiger partial charge on any atom is -0.391 e. The Hall–Kier alpha value is -1.46. The molecule has 2 fully saturated rings. The van der Waals surface area contributed by atoms with Crippen LogP contribution < -0.4 is 4.90 Å². The third-order valence-electron chi connectivity index (χ3n) is 3.51. The number of anilines is 1. The number of thiocarbonyl (C=S) groups is 1. The molecular weight excluding hydrogens is 248 g/mol. The number of aliphatic hydroxyl groups is 1. The van der Waals surface area contributed by atoms with E-state index in [1.807, 2.05) is 36.1 Å². The minimum absolute atomic E-state index is 0.0274. The van der Waals surface area contributed by atoms with Crippen LogP contribution in [0.4, 0.5) is 5.69 Å². The zero-order valence-corrected chi connectivity index (χ0v) is 10.9. The minimum atomic E-state index is -0.447. The molecule has 0 aromatic heterocycles. The highest BCUT2D eigenvalue weighted by molar-refractivity contribution is 7.80. The maximum absolute atomic E-state index is 12.3. The summed E-state index contributed by atoms with van der Waals surface area (Å²) < 4.78 is 0. The normalized spacial score (nSPS) is 27.0. The summed E-state index contributed by atoms with van der Waals surface area (Å²) in [6, 6.07) is 7.44. The molecule has 0 bridgehead atoms. The zero-order chi connectivity index (χ0) is 12.9. The fourth-order valence-corrected chi connectivity index (χ4v) is 2.96. The molecule has 1 amide bonds. The van der Waals surface area contributed by atoms with Crippen molar-refractivity contribution in [3.05, 3.63) is 29.8 Å². The summed E-state index contributed by atoms with van der Waals surface area (Å²) in [5.41, 5.74) is 1.95. The molecule has 18 heavy (non-hydrogen) atoms. The number of hydrogen-bond acceptors (Lipinski definition) is 3. The second kappa shape index (κ2) is 4.03. The molecule has 2 aliphatic heterocycles. The molecule has 1 unspecified atom stereocenters. The maximum atomic E-state index is 12.3. The van der Waals surface area contributed by atoms with Crippen molar-refractivity contribution in [2.24, 2.45) is 0 Å². The number of benzene rings is 1. The lowest BCUT2D eigenvalue weighted by Crippen LogP contribution is -2.34. The van der Waals surface area contributed by atoms with Gasteiger partial charge in [0.15, 0.2) is 5.11 Å². The fourth-order valence-electron chi connectivity index (χ4n) is 2.56. The Morgan fingerprint density at radius 2 is 2.00 bits per heavy atom. The largest absolute Gasteiger partial charge is 0.391 e. The monoisotopic (exact) mass is 262 g/mol. The van der Waals surface area contributed by atoms with E-state index in [-0.39, 0.29) is 11.9 Å². The summed E-state index contributed by atoms with van der Waals surface area (Å²) >= 11 is 5.34. The molecule has 2 atom stereocenters. The number of carbonyl (C=O) groups excluding carboxylic acids is 1. The Morgan fingerprint density at radius 3 is 2.61 bits per heavy atom. The van der Waals surface area contributed by atoms with Crippen molar-refractivity contribution in [3.63, 3.8) is 0 Å². The van der Waals surface area contributed by atoms with Crippen molar-refractivity contribution in [1.82, 2.24) is 4.90 Å². The summed E-state index contributed by atoms with van der Waals surface area (Å²) in [5.74, 6) is -0.0274. The van der Waals surface area contributed by atoms with E-state index in [1.54, 1.807) is 4.90 Å². The van der Waals surface area contributed by atoms with Gasteiger partial charge < -0.3 is 10.0 Å². The van der Waals surface area contributed by atoms with Gasteiger partial charge in [0, 0.05) is 13.0 Å². The van der Waals surface area contributed by atoms with Crippen molar-refractivity contribution >= 4 is 28.9 Å². The predicted octanol–water partition coefficient (Wildman–Crippen LogP) is 1.06. The number of aliphatic hydroxyl groups excluding tert-OH is 1. The Labute approximate surface area is 111 Å². The first kappa shape index (κ1) is 11.6. The number of aryl methyl sites for hydroxylation is 1. The quantitative estimate of drug-likeness (QED) is 0.769. The van der Waals surface area contributed by atoms with Gasteiger partial charge in [-0.25, -0.2) is 0 Å². The van der Waals surface area contributed by atoms with Gasteiger partial charge in [0.2, 0.25) is 0 Å². The molecule has 0 spiro atoms. The molecule has 1 aromatic rings. The molecule has 3 rings (SSSR count). The fraction of sp³-hybridized carbons (Fsp3) is 0.385. The molecule has 0 radical (unpaired) electrons. The van der Waals surface area contributed by atoms with E-state index in [2.05, 4.69) is 0 Å². The van der Waals surface area contributed by atoms with Crippen LogP contribution in [0.15, 0.2) is 24.3 Å². The number of rotatable bonds is 1. The van der Waals surface area contributed by atoms with Gasteiger partial charge in [-0.3, -0.25) is 9.69 Å². The van der Waals surface area contributed by atoms with Crippen LogP contribution in [0, 0.1) is 6.92 Å². The first-order valence-corrected chi connectivity index (χ1v) is 6.38. The van der Waals surface area contributed by atoms with Crippen LogP contribution >= 0.6 is 12.2 Å². The first-order chi connectivity index (χ1) is 8.58. The third-order valence-corrected chi connectivity index (χ3v) is 3.93. The molecule has 5 heteroatoms. The van der Waals surface area contributed by atoms with E-state index >= 15 is 0 Å². The van der Waals surface area contributed by atoms with Crippen molar-refractivity contribution in [2.45, 2.75) is 25.5 Å². The van der Waals surface area contributed by atoms with Crippen molar-refractivity contribution in [1.29, 1.82) is 0 Å². The Morgan fingerprint density at radius 1 is 1.33 bits per heavy atom. The van der Waals surface area contributed by atoms with E-state index in [9.17, 15) is 9.90 Å². The van der Waals surface area contributed by atoms with E-state index < -0.39 is 6.10 Å². The lowest BCUT2D eigenvalue weighted by atomic mass is 10.1. The van der Waals surface area contributed by atoms with Gasteiger partial charge in [-0.2, -0.15) is 0 Å². The third kappa shape index (κ3) is 1.62. The Balaban J connectivity index is 1.93. The second-order valence-corrected chi connectivity index (χ2v) is 5.21. The first-order valence-electron chi connectivity index (χ1n) is 5.97. The van der Waals surface area contributed by atoms with Crippen LogP contribution in [0.3, 0.4) is 0 Å². The summed E-state index contributed by atoms with van der Waals surface area (Å²) in [6.07, 6.45) is 0.0264. The van der Waals surface area contributed by atoms with Crippen LogP contribution in [0.5, 0.6) is 0 Å². The smallest absolute Gasteiger partial charge is 0.256 e. The van der Waals surface area contributed by atoms with E-state index in [0.29, 0.717) is 18.1 Å². The van der Waals surface area contributed by atoms with Crippen molar-refractivity contribution in [2.75, 3.05) is 11.4 Å². The molecule has 2 heterocycles. The van der Waals surface area contributed by atoms with Crippen molar-refractivity contribution in [3.8, 4) is 0 Å². The topological polar surface area (TPSA) is 43.8 Å². The molecule has 1 aromatic carbocycles. The maximum Gasteiger partial charge on any atom is 0.256 e. The number of hydrogen-bond donors (Lipinski definition) is 1. The summed E-state index contributed by atoms with van der Waals surface area (Å²) in [7, 11) is 0. The molecule has 0 aliphatic carbocycles. The van der Waals surface area contributed by atoms with Gasteiger partial charge in [-0.1, -0.05) is 17.7 Å². The van der Waals surface area contributed by atoms with Gasteiger partial charge in [0.05, 0.1) is 11.8 Å². The van der Waals surface area contributed by atoms with Crippen LogP contribution in [0.2, 0.25) is 0 Å². The average Bonchev–Trinajstić information content (AvgIpc) is 2.82. The number of nitrogens with zero attached hydrogens (tertiary/aromatic N) is 2. The summed E-state index contributed by atoms with van der Waals surface area (Å²) in [6.45, 7) is 2.46. The lowest BCUT2D eigenvalue weighted by Gasteiger charge is -2.19. The predicted molar refractivity (Wildman–Crippen MR) is 72.4 cm³/mol. The summed E-state index contributed by atoms with van der Waals surface area (Å²) in [4.78, 5) is 15.7. The lowest BCUT2D eigenvalue weighted by molar-refractivity contribution is -0.119. The highest BCUT2D eigenvalue weighted by Crippen LogP contribution is 2.31. The van der Waals surface area contributed by atoms with E-state index in [4.69, 9.17) is 12.2 Å². The molecule has 94 valence electrons. The molecule has 2 aliphatic rings. The van der Waals surface area contributed by atoms with Crippen LogP contribution in [0.25, 0.3) is 0 Å². The average molecular weight is 262 g/mol. The SMILES string of the molecule is Cc1ccc(N2C(=O)C3C[C@@H](O)CN3C2=S)cc1.